The van der Waals surface area contributed by atoms with E-state index < -0.39 is 0 Å². The third-order valence-electron chi connectivity index (χ3n) is 3.07. The Morgan fingerprint density at radius 1 is 1.47 bits per heavy atom. The zero-order chi connectivity index (χ0) is 13.1. The molecule has 2 aromatic rings. The van der Waals surface area contributed by atoms with Gasteiger partial charge in [0.15, 0.2) is 0 Å². The molecule has 19 heavy (non-hydrogen) atoms. The van der Waals surface area contributed by atoms with Crippen LogP contribution in [0, 0.1) is 0 Å². The maximum atomic E-state index is 12.0. The first kappa shape index (κ1) is 12.1. The first-order valence-electron chi connectivity index (χ1n) is 6.14. The van der Waals surface area contributed by atoms with Crippen molar-refractivity contribution in [3.05, 3.63) is 41.0 Å². The Hall–Kier alpha value is -1.95. The number of nitrogens with one attached hydrogen (secondary N) is 1. The van der Waals surface area contributed by atoms with Gasteiger partial charge in [-0.2, -0.15) is 0 Å². The summed E-state index contributed by atoms with van der Waals surface area (Å²) in [5.41, 5.74) is 0. The van der Waals surface area contributed by atoms with Crippen molar-refractivity contribution >= 4 is 23.1 Å². The van der Waals surface area contributed by atoms with E-state index in [2.05, 4.69) is 15.3 Å². The van der Waals surface area contributed by atoms with Gasteiger partial charge < -0.3 is 10.2 Å². The third kappa shape index (κ3) is 2.90. The molecule has 0 unspecified atom stereocenters. The number of anilines is 1. The Labute approximate surface area is 115 Å². The Morgan fingerprint density at radius 3 is 3.05 bits per heavy atom. The standard InChI is InChI=1S/C13H14N4OS/c18-13(6-11-2-1-5-19-11)17-7-10(8-17)16-12-3-4-14-9-15-12/h1-5,9-10H,6-8H2,(H,14,15,16). The summed E-state index contributed by atoms with van der Waals surface area (Å²) in [7, 11) is 0. The van der Waals surface area contributed by atoms with E-state index in [-0.39, 0.29) is 5.91 Å². The Kier molecular flexibility index (Phi) is 3.41. The van der Waals surface area contributed by atoms with Crippen LogP contribution in [0.3, 0.4) is 0 Å². The smallest absolute Gasteiger partial charge is 0.227 e. The molecule has 1 aliphatic rings. The van der Waals surface area contributed by atoms with Gasteiger partial charge in [-0.25, -0.2) is 9.97 Å². The van der Waals surface area contributed by atoms with Crippen LogP contribution in [-0.2, 0) is 11.2 Å². The molecule has 1 amide bonds. The van der Waals surface area contributed by atoms with Crippen LogP contribution >= 0.6 is 11.3 Å². The van der Waals surface area contributed by atoms with E-state index in [1.807, 2.05) is 28.5 Å². The molecular formula is C13H14N4OS. The number of hydrogen-bond acceptors (Lipinski definition) is 5. The summed E-state index contributed by atoms with van der Waals surface area (Å²) >= 11 is 1.63. The Bertz CT molecular complexity index is 537. The monoisotopic (exact) mass is 274 g/mol. The van der Waals surface area contributed by atoms with Gasteiger partial charge in [-0.15, -0.1) is 11.3 Å². The molecule has 1 aliphatic heterocycles. The average molecular weight is 274 g/mol. The molecule has 0 bridgehead atoms. The first-order chi connectivity index (χ1) is 9.31. The van der Waals surface area contributed by atoms with Crippen LogP contribution in [0.1, 0.15) is 4.88 Å². The lowest BCUT2D eigenvalue weighted by molar-refractivity contribution is -0.134. The second-order valence-electron chi connectivity index (χ2n) is 4.49. The molecule has 3 rings (SSSR count). The van der Waals surface area contributed by atoms with Crippen LogP contribution in [0.2, 0.25) is 0 Å². The lowest BCUT2D eigenvalue weighted by Gasteiger charge is -2.39. The summed E-state index contributed by atoms with van der Waals surface area (Å²) in [6.07, 6.45) is 3.73. The molecule has 0 aliphatic carbocycles. The van der Waals surface area contributed by atoms with Crippen LogP contribution in [0.25, 0.3) is 0 Å². The molecule has 1 fully saturated rings. The Balaban J connectivity index is 1.46. The lowest BCUT2D eigenvalue weighted by atomic mass is 10.1. The summed E-state index contributed by atoms with van der Waals surface area (Å²) < 4.78 is 0. The summed E-state index contributed by atoms with van der Waals surface area (Å²) in [4.78, 5) is 22.9. The van der Waals surface area contributed by atoms with E-state index in [0.29, 0.717) is 12.5 Å². The van der Waals surface area contributed by atoms with Gasteiger partial charge in [0, 0.05) is 24.2 Å². The van der Waals surface area contributed by atoms with Crippen LogP contribution in [-0.4, -0.2) is 39.9 Å². The minimum atomic E-state index is 0.197. The van der Waals surface area contributed by atoms with Crippen molar-refractivity contribution in [2.45, 2.75) is 12.5 Å². The molecule has 0 aromatic carbocycles. The molecule has 0 atom stereocenters. The van der Waals surface area contributed by atoms with Gasteiger partial charge in [0.05, 0.1) is 12.5 Å². The number of carbonyl (C=O) groups excluding carboxylic acids is 1. The number of thiophene rings is 1. The van der Waals surface area contributed by atoms with Gasteiger partial charge >= 0.3 is 0 Å². The molecular weight excluding hydrogens is 260 g/mol. The van der Waals surface area contributed by atoms with Gasteiger partial charge in [-0.1, -0.05) is 6.07 Å². The largest absolute Gasteiger partial charge is 0.364 e. The van der Waals surface area contributed by atoms with Gasteiger partial charge in [-0.3, -0.25) is 4.79 Å². The Morgan fingerprint density at radius 2 is 2.37 bits per heavy atom. The minimum absolute atomic E-state index is 0.197. The van der Waals surface area contributed by atoms with Gasteiger partial charge in [0.1, 0.15) is 12.1 Å². The summed E-state index contributed by atoms with van der Waals surface area (Å²) in [6, 6.07) is 6.10. The highest BCUT2D eigenvalue weighted by Crippen LogP contribution is 2.16. The number of nitrogens with zero attached hydrogens (tertiary/aromatic N) is 3. The van der Waals surface area contributed by atoms with Crippen molar-refractivity contribution in [2.24, 2.45) is 0 Å². The first-order valence-corrected chi connectivity index (χ1v) is 7.02. The minimum Gasteiger partial charge on any atom is -0.364 e. The number of rotatable bonds is 4. The number of likely N-dealkylation sites (tertiary alicyclic amines) is 1. The van der Waals surface area contributed by atoms with E-state index in [1.54, 1.807) is 17.5 Å². The SMILES string of the molecule is O=C(Cc1cccs1)N1CC(Nc2ccncn2)C1. The van der Waals surface area contributed by atoms with Gasteiger partial charge in [0.25, 0.3) is 0 Å². The van der Waals surface area contributed by atoms with Crippen molar-refractivity contribution in [3.8, 4) is 0 Å². The number of amides is 1. The number of aromatic nitrogens is 2. The van der Waals surface area contributed by atoms with Crippen LogP contribution in [0.5, 0.6) is 0 Å². The molecule has 2 aromatic heterocycles. The molecule has 1 N–H and O–H groups in total. The zero-order valence-corrected chi connectivity index (χ0v) is 11.1. The molecule has 98 valence electrons. The fourth-order valence-electron chi connectivity index (χ4n) is 2.03. The lowest BCUT2D eigenvalue weighted by Crippen LogP contribution is -2.57. The van der Waals surface area contributed by atoms with Crippen molar-refractivity contribution in [3.63, 3.8) is 0 Å². The zero-order valence-electron chi connectivity index (χ0n) is 10.3. The maximum Gasteiger partial charge on any atom is 0.227 e. The summed E-state index contributed by atoms with van der Waals surface area (Å²) in [5.74, 6) is 1.01. The van der Waals surface area contributed by atoms with Crippen LogP contribution < -0.4 is 5.32 Å². The second-order valence-corrected chi connectivity index (χ2v) is 5.52. The van der Waals surface area contributed by atoms with Crippen LogP contribution in [0.4, 0.5) is 5.82 Å². The normalized spacial score (nSPS) is 15.1. The van der Waals surface area contributed by atoms with Crippen molar-refractivity contribution in [1.82, 2.24) is 14.9 Å². The fourth-order valence-corrected chi connectivity index (χ4v) is 2.73. The highest BCUT2D eigenvalue weighted by Gasteiger charge is 2.30. The predicted molar refractivity (Wildman–Crippen MR) is 74.0 cm³/mol. The number of carbonyl (C=O) groups is 1. The topological polar surface area (TPSA) is 58.1 Å². The average Bonchev–Trinajstić information content (AvgIpc) is 2.87. The molecule has 5 nitrogen and oxygen atoms in total. The summed E-state index contributed by atoms with van der Waals surface area (Å²) in [5, 5.41) is 5.28. The van der Waals surface area contributed by atoms with Crippen molar-refractivity contribution in [2.75, 3.05) is 18.4 Å². The third-order valence-corrected chi connectivity index (χ3v) is 3.95. The highest BCUT2D eigenvalue weighted by atomic mass is 32.1. The van der Waals surface area contributed by atoms with Crippen molar-refractivity contribution < 1.29 is 4.79 Å². The molecule has 6 heteroatoms. The highest BCUT2D eigenvalue weighted by molar-refractivity contribution is 7.10. The molecule has 0 radical (unpaired) electrons. The van der Waals surface area contributed by atoms with E-state index in [9.17, 15) is 4.79 Å². The van der Waals surface area contributed by atoms with Gasteiger partial charge in [0.2, 0.25) is 5.91 Å². The predicted octanol–water partition coefficient (Wildman–Crippen LogP) is 1.40. The van der Waals surface area contributed by atoms with E-state index in [0.717, 1.165) is 23.8 Å². The van der Waals surface area contributed by atoms with Gasteiger partial charge in [-0.05, 0) is 17.5 Å². The summed E-state index contributed by atoms with van der Waals surface area (Å²) in [6.45, 7) is 1.49. The van der Waals surface area contributed by atoms with E-state index >= 15 is 0 Å². The number of hydrogen-bond donors (Lipinski definition) is 1. The maximum absolute atomic E-state index is 12.0. The molecule has 0 saturated carbocycles. The molecule has 3 heterocycles. The van der Waals surface area contributed by atoms with Crippen molar-refractivity contribution in [1.29, 1.82) is 0 Å². The van der Waals surface area contributed by atoms with E-state index in [4.69, 9.17) is 0 Å². The fraction of sp³-hybridized carbons (Fsp3) is 0.308. The second kappa shape index (κ2) is 5.36. The van der Waals surface area contributed by atoms with Crippen LogP contribution in [0.15, 0.2) is 36.1 Å². The molecule has 0 spiro atoms. The van der Waals surface area contributed by atoms with E-state index in [1.165, 1.54) is 6.33 Å². The quantitative estimate of drug-likeness (QED) is 0.915. The molecule has 1 saturated heterocycles.